The molecule has 0 spiro atoms. The van der Waals surface area contributed by atoms with Crippen molar-refractivity contribution in [1.82, 2.24) is 15.6 Å². The van der Waals surface area contributed by atoms with Gasteiger partial charge in [0.15, 0.2) is 5.70 Å². The molecule has 1 atom stereocenters. The first kappa shape index (κ1) is 23.3. The van der Waals surface area contributed by atoms with Gasteiger partial charge in [-0.1, -0.05) is 34.6 Å². The Morgan fingerprint density at radius 2 is 2.10 bits per heavy atom. The molecule has 5 N–H and O–H groups in total. The van der Waals surface area contributed by atoms with Gasteiger partial charge in [-0.2, -0.15) is 5.17 Å². The number of methoxy groups -OCH3 is 1. The topological polar surface area (TPSA) is 134 Å². The van der Waals surface area contributed by atoms with Gasteiger partial charge in [0.1, 0.15) is 0 Å². The number of anilines is 1. The number of hydrogen-bond acceptors (Lipinski definition) is 8. The van der Waals surface area contributed by atoms with Crippen molar-refractivity contribution in [2.75, 3.05) is 25.6 Å². The van der Waals surface area contributed by atoms with Crippen molar-refractivity contribution in [3.8, 4) is 5.88 Å². The molecule has 0 aliphatic carbocycles. The molecule has 0 fully saturated rings. The summed E-state index contributed by atoms with van der Waals surface area (Å²) >= 11 is 0. The Morgan fingerprint density at radius 1 is 1.40 bits per heavy atom. The average Bonchev–Trinajstić information content (AvgIpc) is 2.69. The summed E-state index contributed by atoms with van der Waals surface area (Å²) in [5, 5.41) is 13.6. The molecule has 10 nitrogen and oxygen atoms in total. The molecule has 1 aromatic heterocycles. The minimum Gasteiger partial charge on any atom is -0.481 e. The summed E-state index contributed by atoms with van der Waals surface area (Å²) in [6.07, 6.45) is 1.11. The number of aliphatic imine (C=N–C) groups is 1. The van der Waals surface area contributed by atoms with E-state index in [4.69, 9.17) is 15.2 Å². The molecule has 1 aliphatic rings. The fourth-order valence-corrected chi connectivity index (χ4v) is 2.92. The van der Waals surface area contributed by atoms with E-state index in [9.17, 15) is 10.0 Å². The largest absolute Gasteiger partial charge is 0.481 e. The van der Waals surface area contributed by atoms with Gasteiger partial charge in [0.2, 0.25) is 11.8 Å². The number of rotatable bonds is 7. The van der Waals surface area contributed by atoms with E-state index in [0.717, 1.165) is 11.8 Å². The maximum absolute atomic E-state index is 12.7. The minimum absolute atomic E-state index is 0.0320. The van der Waals surface area contributed by atoms with E-state index in [1.807, 2.05) is 34.6 Å². The zero-order valence-corrected chi connectivity index (χ0v) is 18.4. The number of hydrazine groups is 1. The number of nitrogens with two attached hydrogens (primary N) is 1. The zero-order valence-electron chi connectivity index (χ0n) is 18.4. The van der Waals surface area contributed by atoms with E-state index in [1.54, 1.807) is 13.2 Å². The molecule has 30 heavy (non-hydrogen) atoms. The van der Waals surface area contributed by atoms with Gasteiger partial charge in [-0.15, -0.1) is 0 Å². The van der Waals surface area contributed by atoms with Crippen molar-refractivity contribution in [1.29, 1.82) is 0 Å². The molecule has 2 amide bonds. The lowest BCUT2D eigenvalue weighted by Crippen LogP contribution is -2.45. The van der Waals surface area contributed by atoms with Crippen LogP contribution in [0.4, 0.5) is 10.5 Å². The Balaban J connectivity index is 2.23. The van der Waals surface area contributed by atoms with Crippen LogP contribution in [0, 0.1) is 5.92 Å². The SMILES string of the molecule is COc1cc(C(C)C)c(NC(=O)NN(O)/C(=C/N)C2=NCC(C)CO2)c(C(C)C)n1. The van der Waals surface area contributed by atoms with E-state index in [0.29, 0.717) is 35.6 Å². The second-order valence-corrected chi connectivity index (χ2v) is 7.82. The molecule has 0 saturated heterocycles. The molecule has 0 saturated carbocycles. The van der Waals surface area contributed by atoms with Crippen molar-refractivity contribution in [2.45, 2.75) is 46.5 Å². The maximum Gasteiger partial charge on any atom is 0.340 e. The zero-order chi connectivity index (χ0) is 22.4. The summed E-state index contributed by atoms with van der Waals surface area (Å²) in [4.78, 5) is 21.4. The van der Waals surface area contributed by atoms with Crippen molar-refractivity contribution in [3.05, 3.63) is 29.2 Å². The Labute approximate surface area is 177 Å². The van der Waals surface area contributed by atoms with Gasteiger partial charge in [0.05, 0.1) is 25.1 Å². The van der Waals surface area contributed by atoms with Crippen LogP contribution in [0.3, 0.4) is 0 Å². The summed E-state index contributed by atoms with van der Waals surface area (Å²) in [6, 6.07) is 1.12. The van der Waals surface area contributed by atoms with Crippen LogP contribution in [0.25, 0.3) is 0 Å². The molecule has 0 aromatic carbocycles. The lowest BCUT2D eigenvalue weighted by atomic mass is 9.97. The van der Waals surface area contributed by atoms with Crippen LogP contribution >= 0.6 is 0 Å². The second kappa shape index (κ2) is 10.1. The van der Waals surface area contributed by atoms with Crippen molar-refractivity contribution >= 4 is 17.6 Å². The maximum atomic E-state index is 12.7. The first-order valence-electron chi connectivity index (χ1n) is 9.92. The monoisotopic (exact) mass is 420 g/mol. The molecule has 2 rings (SSSR count). The van der Waals surface area contributed by atoms with E-state index in [1.165, 1.54) is 0 Å². The predicted molar refractivity (Wildman–Crippen MR) is 114 cm³/mol. The number of aromatic nitrogens is 1. The van der Waals surface area contributed by atoms with E-state index >= 15 is 0 Å². The molecule has 2 heterocycles. The van der Waals surface area contributed by atoms with Crippen LogP contribution in [-0.4, -0.2) is 47.6 Å². The highest BCUT2D eigenvalue weighted by Gasteiger charge is 2.24. The number of carbonyl (C=O) groups is 1. The minimum atomic E-state index is -0.669. The fourth-order valence-electron chi connectivity index (χ4n) is 2.92. The summed E-state index contributed by atoms with van der Waals surface area (Å²) in [5.74, 6) is 1.04. The van der Waals surface area contributed by atoms with Crippen molar-refractivity contribution in [3.63, 3.8) is 0 Å². The number of ether oxygens (including phenoxy) is 2. The predicted octanol–water partition coefficient (Wildman–Crippen LogP) is 2.93. The fraction of sp³-hybridized carbons (Fsp3) is 0.550. The van der Waals surface area contributed by atoms with Crippen LogP contribution in [0.15, 0.2) is 23.0 Å². The molecular formula is C20H32N6O4. The van der Waals surface area contributed by atoms with Crippen LogP contribution in [-0.2, 0) is 4.74 Å². The highest BCUT2D eigenvalue weighted by Crippen LogP contribution is 2.34. The van der Waals surface area contributed by atoms with E-state index < -0.39 is 6.03 Å². The average molecular weight is 421 g/mol. The molecule has 10 heteroatoms. The first-order valence-corrected chi connectivity index (χ1v) is 9.92. The summed E-state index contributed by atoms with van der Waals surface area (Å²) in [6.45, 7) is 11.0. The van der Waals surface area contributed by atoms with Gasteiger partial charge < -0.3 is 20.5 Å². The van der Waals surface area contributed by atoms with Crippen molar-refractivity contribution in [2.24, 2.45) is 16.6 Å². The Kier molecular flexibility index (Phi) is 7.87. The molecule has 166 valence electrons. The molecule has 1 unspecified atom stereocenters. The Bertz CT molecular complexity index is 793. The number of hydroxylamine groups is 1. The second-order valence-electron chi connectivity index (χ2n) is 7.82. The van der Waals surface area contributed by atoms with Crippen molar-refractivity contribution < 1.29 is 19.5 Å². The van der Waals surface area contributed by atoms with Gasteiger partial charge in [-0.25, -0.2) is 20.2 Å². The highest BCUT2D eigenvalue weighted by atomic mass is 16.6. The van der Waals surface area contributed by atoms with Crippen LogP contribution < -0.4 is 21.2 Å². The molecule has 0 radical (unpaired) electrons. The van der Waals surface area contributed by atoms with Gasteiger partial charge in [0, 0.05) is 24.7 Å². The lowest BCUT2D eigenvalue weighted by molar-refractivity contribution is -0.0832. The summed E-state index contributed by atoms with van der Waals surface area (Å²) in [5.41, 5.74) is 10.1. The third-order valence-electron chi connectivity index (χ3n) is 4.53. The molecule has 1 aromatic rings. The number of pyridine rings is 1. The van der Waals surface area contributed by atoms with Gasteiger partial charge in [-0.05, 0) is 17.4 Å². The number of carbonyl (C=O) groups excluding carboxylic acids is 1. The summed E-state index contributed by atoms with van der Waals surface area (Å²) < 4.78 is 10.8. The number of nitrogens with one attached hydrogen (secondary N) is 2. The Hall–Kier alpha value is -3.01. The third-order valence-corrected chi connectivity index (χ3v) is 4.53. The van der Waals surface area contributed by atoms with Crippen LogP contribution in [0.5, 0.6) is 5.88 Å². The standard InChI is InChI=1S/C20H32N6O4/c1-11(2)14-7-16(29-6)23-17(12(3)4)18(14)24-20(27)25-26(28)15(8-21)19-22-9-13(5)10-30-19/h7-8,11-13,28H,9-10,21H2,1-6H3,(H2,24,25,27)/b15-8+. The highest BCUT2D eigenvalue weighted by molar-refractivity contribution is 5.94. The first-order chi connectivity index (χ1) is 14.2. The molecule has 0 bridgehead atoms. The number of urea groups is 1. The third kappa shape index (κ3) is 5.53. The smallest absolute Gasteiger partial charge is 0.340 e. The van der Waals surface area contributed by atoms with Gasteiger partial charge >= 0.3 is 6.03 Å². The quantitative estimate of drug-likeness (QED) is 0.498. The normalized spacial score (nSPS) is 16.8. The Morgan fingerprint density at radius 3 is 2.60 bits per heavy atom. The molecular weight excluding hydrogens is 388 g/mol. The lowest BCUT2D eigenvalue weighted by Gasteiger charge is -2.26. The van der Waals surface area contributed by atoms with E-state index in [-0.39, 0.29) is 29.3 Å². The van der Waals surface area contributed by atoms with E-state index in [2.05, 4.69) is 20.7 Å². The van der Waals surface area contributed by atoms with Gasteiger partial charge in [0.25, 0.3) is 0 Å². The molecule has 1 aliphatic heterocycles. The summed E-state index contributed by atoms with van der Waals surface area (Å²) in [7, 11) is 1.55. The van der Waals surface area contributed by atoms with Crippen LogP contribution in [0.2, 0.25) is 0 Å². The number of nitrogens with zero attached hydrogens (tertiary/aromatic N) is 3. The van der Waals surface area contributed by atoms with Crippen LogP contribution in [0.1, 0.15) is 57.7 Å². The van der Waals surface area contributed by atoms with Gasteiger partial charge in [-0.3, -0.25) is 5.21 Å². The number of hydrogen-bond donors (Lipinski definition) is 4. The number of amides is 2.